The van der Waals surface area contributed by atoms with Crippen LogP contribution >= 0.6 is 0 Å². The van der Waals surface area contributed by atoms with E-state index >= 15 is 0 Å². The summed E-state index contributed by atoms with van der Waals surface area (Å²) in [5.41, 5.74) is 2.06. The monoisotopic (exact) mass is 625 g/mol. The molecule has 0 bridgehead atoms. The van der Waals surface area contributed by atoms with Crippen LogP contribution in [0.1, 0.15) is 57.2 Å². The number of hydrogen-bond donors (Lipinski definition) is 0. The number of benzene rings is 3. The van der Waals surface area contributed by atoms with Crippen molar-refractivity contribution in [2.45, 2.75) is 63.6 Å². The maximum Gasteiger partial charge on any atom is 0.337 e. The molecule has 1 fully saturated rings. The van der Waals surface area contributed by atoms with Crippen molar-refractivity contribution in [3.63, 3.8) is 0 Å². The molecule has 1 saturated carbocycles. The lowest BCUT2D eigenvalue weighted by Gasteiger charge is -2.44. The number of para-hydroxylation sites is 1. The van der Waals surface area contributed by atoms with Gasteiger partial charge in [-0.05, 0) is 59.6 Å². The molecule has 0 radical (unpaired) electrons. The third kappa shape index (κ3) is 6.26. The van der Waals surface area contributed by atoms with Crippen molar-refractivity contribution in [2.24, 2.45) is 11.8 Å². The molecule has 5 atom stereocenters. The van der Waals surface area contributed by atoms with E-state index in [1.165, 1.54) is 19.8 Å². The Bertz CT molecular complexity index is 1580. The first-order valence-corrected chi connectivity index (χ1v) is 15.8. The van der Waals surface area contributed by atoms with Crippen LogP contribution in [0, 0.1) is 11.8 Å². The van der Waals surface area contributed by atoms with Crippen LogP contribution in [0.25, 0.3) is 0 Å². The summed E-state index contributed by atoms with van der Waals surface area (Å²) in [6.45, 7) is 6.57. The summed E-state index contributed by atoms with van der Waals surface area (Å²) in [4.78, 5) is 43.7. The fourth-order valence-corrected chi connectivity index (χ4v) is 7.23. The Morgan fingerprint density at radius 3 is 2.04 bits per heavy atom. The van der Waals surface area contributed by atoms with E-state index in [0.29, 0.717) is 29.3 Å². The second-order valence-electron chi connectivity index (χ2n) is 12.7. The molecule has 1 aliphatic heterocycles. The van der Waals surface area contributed by atoms with Gasteiger partial charge in [-0.2, -0.15) is 0 Å². The third-order valence-corrected chi connectivity index (χ3v) is 9.66. The highest BCUT2D eigenvalue weighted by molar-refractivity contribution is 6.10. The third-order valence-electron chi connectivity index (χ3n) is 9.66. The molecule has 0 spiro atoms. The molecule has 5 rings (SSSR count). The predicted octanol–water partition coefficient (Wildman–Crippen LogP) is 6.59. The van der Waals surface area contributed by atoms with Crippen molar-refractivity contribution in [2.75, 3.05) is 26.2 Å². The van der Waals surface area contributed by atoms with Crippen molar-refractivity contribution < 1.29 is 33.3 Å². The summed E-state index contributed by atoms with van der Waals surface area (Å²) in [5, 5.41) is 0. The van der Waals surface area contributed by atoms with Crippen LogP contribution in [0.15, 0.2) is 96.1 Å². The van der Waals surface area contributed by atoms with Gasteiger partial charge in [-0.15, -0.1) is 0 Å². The molecule has 8 nitrogen and oxygen atoms in total. The molecule has 8 heteroatoms. The fraction of sp³-hybridized carbons (Fsp3) is 0.395. The average Bonchev–Trinajstić information content (AvgIpc) is 3.45. The molecule has 0 saturated heterocycles. The van der Waals surface area contributed by atoms with Gasteiger partial charge in [0.05, 0.1) is 38.5 Å². The Morgan fingerprint density at radius 1 is 0.783 bits per heavy atom. The molecule has 46 heavy (non-hydrogen) atoms. The van der Waals surface area contributed by atoms with Crippen molar-refractivity contribution in [3.8, 4) is 5.75 Å². The summed E-state index contributed by atoms with van der Waals surface area (Å²) in [7, 11) is 4.04. The zero-order valence-electron chi connectivity index (χ0n) is 27.4. The van der Waals surface area contributed by atoms with Crippen LogP contribution in [0.4, 0.5) is 5.69 Å². The molecular weight excluding hydrogens is 582 g/mol. The molecule has 1 aliphatic carbocycles. The van der Waals surface area contributed by atoms with E-state index < -0.39 is 36.1 Å². The summed E-state index contributed by atoms with van der Waals surface area (Å²) in [6.07, 6.45) is 2.17. The van der Waals surface area contributed by atoms with Gasteiger partial charge in [0, 0.05) is 11.6 Å². The highest BCUT2D eigenvalue weighted by Gasteiger charge is 2.53. The predicted molar refractivity (Wildman–Crippen MR) is 175 cm³/mol. The first-order valence-electron chi connectivity index (χ1n) is 15.8. The van der Waals surface area contributed by atoms with E-state index in [9.17, 15) is 14.4 Å². The summed E-state index contributed by atoms with van der Waals surface area (Å²) < 4.78 is 22.5. The van der Waals surface area contributed by atoms with E-state index in [2.05, 4.69) is 32.9 Å². The maximum absolute atomic E-state index is 14.7. The Kier molecular flexibility index (Phi) is 9.85. The van der Waals surface area contributed by atoms with E-state index in [1.54, 1.807) is 30.2 Å². The molecule has 2 aliphatic rings. The molecule has 0 aromatic heterocycles. The van der Waals surface area contributed by atoms with Gasteiger partial charge in [0.2, 0.25) is 0 Å². The van der Waals surface area contributed by atoms with Crippen LogP contribution in [0.3, 0.4) is 0 Å². The number of carbonyl (C=O) groups is 3. The van der Waals surface area contributed by atoms with Crippen molar-refractivity contribution in [1.29, 1.82) is 0 Å². The minimum Gasteiger partial charge on any atom is -0.497 e. The number of methoxy groups -OCH3 is 3. The van der Waals surface area contributed by atoms with Gasteiger partial charge in [0.15, 0.2) is 6.04 Å². The van der Waals surface area contributed by atoms with Gasteiger partial charge < -0.3 is 23.8 Å². The summed E-state index contributed by atoms with van der Waals surface area (Å²) >= 11 is 0. The van der Waals surface area contributed by atoms with Gasteiger partial charge in [-0.3, -0.25) is 0 Å². The fourth-order valence-electron chi connectivity index (χ4n) is 7.23. The largest absolute Gasteiger partial charge is 0.497 e. The second-order valence-corrected chi connectivity index (χ2v) is 12.7. The molecule has 0 N–H and O–H groups in total. The van der Waals surface area contributed by atoms with Crippen LogP contribution < -0.4 is 9.64 Å². The lowest BCUT2D eigenvalue weighted by Crippen LogP contribution is -2.48. The Morgan fingerprint density at radius 2 is 1.41 bits per heavy atom. The lowest BCUT2D eigenvalue weighted by molar-refractivity contribution is -0.158. The van der Waals surface area contributed by atoms with Gasteiger partial charge in [0.1, 0.15) is 11.9 Å². The van der Waals surface area contributed by atoms with Gasteiger partial charge in [-0.25, -0.2) is 14.4 Å². The highest BCUT2D eigenvalue weighted by atomic mass is 16.6. The maximum atomic E-state index is 14.7. The highest BCUT2D eigenvalue weighted by Crippen LogP contribution is 2.48. The first kappa shape index (κ1) is 32.8. The molecule has 3 aromatic carbocycles. The number of ether oxygens (including phenoxy) is 4. The van der Waals surface area contributed by atoms with Gasteiger partial charge >= 0.3 is 17.9 Å². The van der Waals surface area contributed by atoms with E-state index in [-0.39, 0.29) is 22.5 Å². The van der Waals surface area contributed by atoms with Crippen molar-refractivity contribution >= 4 is 23.6 Å². The summed E-state index contributed by atoms with van der Waals surface area (Å²) in [5.74, 6) is -1.22. The number of anilines is 1. The SMILES string of the molecule is COC(=O)C1=C(C(=O)OC)[C@H](c2cccc(OC)c2)N(c2ccccc2)[C@H]1C(=O)O[C@@H]1C[C@H](C)CC[C@H]1C(C)(C)c1ccccc1. The van der Waals surface area contributed by atoms with Crippen molar-refractivity contribution in [1.82, 2.24) is 0 Å². The normalized spacial score (nSPS) is 23.1. The minimum atomic E-state index is -1.28. The topological polar surface area (TPSA) is 91.4 Å². The first-order chi connectivity index (χ1) is 22.1. The molecular formula is C38H43NO7. The zero-order chi connectivity index (χ0) is 33.0. The van der Waals surface area contributed by atoms with Crippen LogP contribution in [-0.4, -0.2) is 51.4 Å². The number of nitrogens with zero attached hydrogens (tertiary/aromatic N) is 1. The Hall–Kier alpha value is -4.59. The van der Waals surface area contributed by atoms with Crippen molar-refractivity contribution in [3.05, 3.63) is 107 Å². The van der Waals surface area contributed by atoms with Crippen LogP contribution in [0.2, 0.25) is 0 Å². The summed E-state index contributed by atoms with van der Waals surface area (Å²) in [6, 6.07) is 24.6. The minimum absolute atomic E-state index is 0.0200. The smallest absolute Gasteiger partial charge is 0.337 e. The molecule has 1 heterocycles. The number of hydrogen-bond acceptors (Lipinski definition) is 8. The molecule has 3 aromatic rings. The zero-order valence-corrected chi connectivity index (χ0v) is 27.4. The number of rotatable bonds is 9. The Labute approximate surface area is 271 Å². The number of esters is 3. The molecule has 242 valence electrons. The van der Waals surface area contributed by atoms with E-state index in [1.807, 2.05) is 54.6 Å². The average molecular weight is 626 g/mol. The molecule has 0 unspecified atom stereocenters. The number of carbonyl (C=O) groups excluding carboxylic acids is 3. The van der Waals surface area contributed by atoms with E-state index in [4.69, 9.17) is 18.9 Å². The van der Waals surface area contributed by atoms with Crippen LogP contribution in [-0.2, 0) is 34.0 Å². The second kappa shape index (κ2) is 13.8. The Balaban J connectivity index is 1.65. The molecule has 0 amide bonds. The van der Waals surface area contributed by atoms with Gasteiger partial charge in [-0.1, -0.05) is 87.9 Å². The van der Waals surface area contributed by atoms with Crippen LogP contribution in [0.5, 0.6) is 5.75 Å². The van der Waals surface area contributed by atoms with Gasteiger partial charge in [0.25, 0.3) is 0 Å². The van der Waals surface area contributed by atoms with E-state index in [0.717, 1.165) is 12.8 Å². The lowest BCUT2D eigenvalue weighted by atomic mass is 9.64. The standard InChI is InChI=1S/C38H43NO7/c1-24-20-21-29(38(2,3)26-15-9-7-10-16-26)30(22-24)46-37(42)34-32(36(41)45-6)31(35(40)44-5)33(25-14-13-19-28(23-25)43-4)39(34)27-17-11-8-12-18-27/h7-19,23-24,29-30,33-34H,20-22H2,1-6H3/t24-,29-,30-,33+,34-/m1/s1. The quantitative estimate of drug-likeness (QED) is 0.194.